The Hall–Kier alpha value is -4.00. The number of anilines is 1. The average molecular weight is 402 g/mol. The van der Waals surface area contributed by atoms with Gasteiger partial charge in [-0.3, -0.25) is 4.79 Å². The lowest BCUT2D eigenvalue weighted by atomic mass is 10.0. The van der Waals surface area contributed by atoms with Gasteiger partial charge in [0.15, 0.2) is 11.6 Å². The smallest absolute Gasteiger partial charge is 0.202 e. The molecular weight excluding hydrogens is 383 g/mol. The summed E-state index contributed by atoms with van der Waals surface area (Å²) >= 11 is 0. The number of rotatable bonds is 7. The van der Waals surface area contributed by atoms with Crippen LogP contribution in [0, 0.1) is 5.82 Å². The number of methoxy groups -OCH3 is 1. The largest absolute Gasteiger partial charge is 0.496 e. The number of nitrogens with zero attached hydrogens (tertiary/aromatic N) is 3. The van der Waals surface area contributed by atoms with Gasteiger partial charge < -0.3 is 10.1 Å². The minimum atomic E-state index is -0.301. The molecule has 0 radical (unpaired) electrons. The predicted octanol–water partition coefficient (Wildman–Crippen LogP) is 4.26. The van der Waals surface area contributed by atoms with Crippen molar-refractivity contribution in [3.05, 3.63) is 102 Å². The summed E-state index contributed by atoms with van der Waals surface area (Å²) in [5, 5.41) is 7.71. The molecule has 4 aromatic rings. The number of carbonyl (C=O) groups is 1. The van der Waals surface area contributed by atoms with Gasteiger partial charge in [-0.15, -0.1) is 5.10 Å². The van der Waals surface area contributed by atoms with Crippen molar-refractivity contribution in [3.8, 4) is 11.6 Å². The third-order valence-electron chi connectivity index (χ3n) is 4.57. The van der Waals surface area contributed by atoms with Crippen molar-refractivity contribution in [1.29, 1.82) is 0 Å². The van der Waals surface area contributed by atoms with Gasteiger partial charge in [0.1, 0.15) is 11.6 Å². The van der Waals surface area contributed by atoms with Gasteiger partial charge in [-0.2, -0.15) is 0 Å². The molecule has 0 aliphatic rings. The minimum absolute atomic E-state index is 0.226. The number of nitrogens with one attached hydrogen (secondary N) is 1. The van der Waals surface area contributed by atoms with Crippen LogP contribution in [0.25, 0.3) is 5.82 Å². The number of para-hydroxylation sites is 1. The molecule has 0 unspecified atom stereocenters. The number of hydrogen-bond donors (Lipinski definition) is 1. The van der Waals surface area contributed by atoms with E-state index in [4.69, 9.17) is 4.74 Å². The molecule has 0 saturated carbocycles. The van der Waals surface area contributed by atoms with Gasteiger partial charge in [-0.05, 0) is 42.0 Å². The fourth-order valence-corrected chi connectivity index (χ4v) is 3.04. The summed E-state index contributed by atoms with van der Waals surface area (Å²) in [6, 6.07) is 18.6. The number of hydrogen-bond acceptors (Lipinski definition) is 5. The molecule has 2 aromatic heterocycles. The first-order valence-corrected chi connectivity index (χ1v) is 9.33. The maximum atomic E-state index is 13.3. The Morgan fingerprint density at radius 2 is 1.80 bits per heavy atom. The number of aromatic nitrogens is 3. The van der Waals surface area contributed by atoms with E-state index in [9.17, 15) is 9.18 Å². The van der Waals surface area contributed by atoms with Crippen molar-refractivity contribution >= 4 is 11.6 Å². The molecule has 7 heteroatoms. The zero-order chi connectivity index (χ0) is 20.9. The predicted molar refractivity (Wildman–Crippen MR) is 112 cm³/mol. The molecule has 0 fully saturated rings. The average Bonchev–Trinajstić information content (AvgIpc) is 3.23. The lowest BCUT2D eigenvalue weighted by Gasteiger charge is -2.08. The summed E-state index contributed by atoms with van der Waals surface area (Å²) in [6.07, 6.45) is 3.30. The van der Waals surface area contributed by atoms with E-state index < -0.39 is 0 Å². The summed E-state index contributed by atoms with van der Waals surface area (Å²) in [7, 11) is 1.52. The highest BCUT2D eigenvalue weighted by Crippen LogP contribution is 2.25. The third kappa shape index (κ3) is 4.05. The van der Waals surface area contributed by atoms with Gasteiger partial charge >= 0.3 is 0 Å². The van der Waals surface area contributed by atoms with Crippen LogP contribution in [0.4, 0.5) is 10.2 Å². The highest BCUT2D eigenvalue weighted by atomic mass is 19.1. The number of pyridine rings is 1. The normalized spacial score (nSPS) is 10.6. The second-order valence-corrected chi connectivity index (χ2v) is 6.53. The number of halogens is 1. The number of ketones is 1. The summed E-state index contributed by atoms with van der Waals surface area (Å²) in [5.41, 5.74) is 1.68. The van der Waals surface area contributed by atoms with Crippen LogP contribution >= 0.6 is 0 Å². The molecular formula is C23H19FN4O2. The molecule has 150 valence electrons. The first-order chi connectivity index (χ1) is 14.7. The van der Waals surface area contributed by atoms with Crippen LogP contribution in [-0.2, 0) is 6.54 Å². The van der Waals surface area contributed by atoms with Crippen molar-refractivity contribution in [2.24, 2.45) is 0 Å². The first-order valence-electron chi connectivity index (χ1n) is 9.33. The van der Waals surface area contributed by atoms with Crippen LogP contribution in [0.15, 0.2) is 79.1 Å². The standard InChI is InChI=1S/C23H19FN4O2/c1-30-20-7-3-2-6-18(20)22(29)19-15-28(21-8-4-5-13-25-21)27-23(19)26-14-16-9-11-17(24)12-10-16/h2-13,15H,14H2,1H3,(H,26,27). The number of ether oxygens (including phenoxy) is 1. The van der Waals surface area contributed by atoms with Crippen LogP contribution in [0.3, 0.4) is 0 Å². The maximum Gasteiger partial charge on any atom is 0.202 e. The lowest BCUT2D eigenvalue weighted by molar-refractivity contribution is 0.103. The topological polar surface area (TPSA) is 69.0 Å². The molecule has 0 atom stereocenters. The second-order valence-electron chi connectivity index (χ2n) is 6.53. The molecule has 2 aromatic carbocycles. The Morgan fingerprint density at radius 3 is 2.53 bits per heavy atom. The summed E-state index contributed by atoms with van der Waals surface area (Å²) in [5.74, 6) is 0.946. The molecule has 0 bridgehead atoms. The van der Waals surface area contributed by atoms with Crippen LogP contribution in [0.2, 0.25) is 0 Å². The van der Waals surface area contributed by atoms with Crippen LogP contribution in [0.5, 0.6) is 5.75 Å². The van der Waals surface area contributed by atoms with E-state index in [1.54, 1.807) is 59.5 Å². The first kappa shape index (κ1) is 19.3. The minimum Gasteiger partial charge on any atom is -0.496 e. The van der Waals surface area contributed by atoms with Gasteiger partial charge in [0.2, 0.25) is 5.78 Å². The molecule has 6 nitrogen and oxygen atoms in total. The van der Waals surface area contributed by atoms with Crippen molar-refractivity contribution < 1.29 is 13.9 Å². The zero-order valence-electron chi connectivity index (χ0n) is 16.2. The molecule has 4 rings (SSSR count). The molecule has 30 heavy (non-hydrogen) atoms. The van der Waals surface area contributed by atoms with E-state index >= 15 is 0 Å². The van der Waals surface area contributed by atoms with Crippen molar-refractivity contribution in [1.82, 2.24) is 14.8 Å². The zero-order valence-corrected chi connectivity index (χ0v) is 16.2. The molecule has 0 saturated heterocycles. The Morgan fingerprint density at radius 1 is 1.03 bits per heavy atom. The Kier molecular flexibility index (Phi) is 5.52. The van der Waals surface area contributed by atoms with Gasteiger partial charge in [-0.1, -0.05) is 30.3 Å². The van der Waals surface area contributed by atoms with E-state index in [-0.39, 0.29) is 11.6 Å². The van der Waals surface area contributed by atoms with Gasteiger partial charge in [0.25, 0.3) is 0 Å². The van der Waals surface area contributed by atoms with Crippen LogP contribution in [0.1, 0.15) is 21.5 Å². The highest BCUT2D eigenvalue weighted by molar-refractivity contribution is 6.13. The second kappa shape index (κ2) is 8.57. The molecule has 2 heterocycles. The Balaban J connectivity index is 1.70. The lowest BCUT2D eigenvalue weighted by Crippen LogP contribution is -2.08. The maximum absolute atomic E-state index is 13.3. The molecule has 1 N–H and O–H groups in total. The van der Waals surface area contributed by atoms with E-state index in [0.717, 1.165) is 5.56 Å². The fraction of sp³-hybridized carbons (Fsp3) is 0.0870. The quantitative estimate of drug-likeness (QED) is 0.468. The van der Waals surface area contributed by atoms with Gasteiger partial charge in [-0.25, -0.2) is 14.1 Å². The van der Waals surface area contributed by atoms with Crippen molar-refractivity contribution in [2.45, 2.75) is 6.54 Å². The van der Waals surface area contributed by atoms with Crippen LogP contribution < -0.4 is 10.1 Å². The summed E-state index contributed by atoms with van der Waals surface area (Å²) in [4.78, 5) is 17.6. The highest BCUT2D eigenvalue weighted by Gasteiger charge is 2.21. The van der Waals surface area contributed by atoms with Gasteiger partial charge in [0, 0.05) is 18.9 Å². The fourth-order valence-electron chi connectivity index (χ4n) is 3.04. The molecule has 0 aliphatic carbocycles. The number of benzene rings is 2. The molecule has 0 spiro atoms. The van der Waals surface area contributed by atoms with E-state index in [1.807, 2.05) is 12.1 Å². The van der Waals surface area contributed by atoms with E-state index in [0.29, 0.717) is 35.1 Å². The van der Waals surface area contributed by atoms with Crippen molar-refractivity contribution in [2.75, 3.05) is 12.4 Å². The number of carbonyl (C=O) groups excluding carboxylic acids is 1. The molecule has 0 amide bonds. The summed E-state index contributed by atoms with van der Waals surface area (Å²) in [6.45, 7) is 0.381. The van der Waals surface area contributed by atoms with Gasteiger partial charge in [0.05, 0.1) is 18.2 Å². The SMILES string of the molecule is COc1ccccc1C(=O)c1cn(-c2ccccn2)nc1NCc1ccc(F)cc1. The van der Waals surface area contributed by atoms with Crippen molar-refractivity contribution in [3.63, 3.8) is 0 Å². The summed E-state index contributed by atoms with van der Waals surface area (Å²) < 4.78 is 20.1. The van der Waals surface area contributed by atoms with Crippen LogP contribution in [-0.4, -0.2) is 27.7 Å². The monoisotopic (exact) mass is 402 g/mol. The third-order valence-corrected chi connectivity index (χ3v) is 4.57. The Bertz CT molecular complexity index is 1160. The molecule has 0 aliphatic heterocycles. The van der Waals surface area contributed by atoms with E-state index in [2.05, 4.69) is 15.4 Å². The Labute approximate surface area is 173 Å². The van der Waals surface area contributed by atoms with E-state index in [1.165, 1.54) is 19.2 Å².